The van der Waals surface area contributed by atoms with Gasteiger partial charge in [0.1, 0.15) is 0 Å². The van der Waals surface area contributed by atoms with E-state index in [-0.39, 0.29) is 6.04 Å². The van der Waals surface area contributed by atoms with E-state index in [2.05, 4.69) is 10.1 Å². The summed E-state index contributed by atoms with van der Waals surface area (Å²) in [6.45, 7) is 2.96. The van der Waals surface area contributed by atoms with E-state index in [1.165, 1.54) is 0 Å². The van der Waals surface area contributed by atoms with Crippen LogP contribution in [0.3, 0.4) is 0 Å². The maximum absolute atomic E-state index is 6.13. The number of nitrogens with zero attached hydrogens (tertiary/aromatic N) is 3. The maximum Gasteiger partial charge on any atom is 0.266 e. The van der Waals surface area contributed by atoms with Crippen molar-refractivity contribution in [1.29, 1.82) is 0 Å². The van der Waals surface area contributed by atoms with Crippen molar-refractivity contribution in [2.75, 3.05) is 31.2 Å². The summed E-state index contributed by atoms with van der Waals surface area (Å²) in [4.78, 5) is 6.44. The number of anilines is 1. The van der Waals surface area contributed by atoms with Crippen LogP contribution in [0.2, 0.25) is 0 Å². The molecule has 1 aliphatic rings. The first-order chi connectivity index (χ1) is 9.83. The average molecular weight is 274 g/mol. The smallest absolute Gasteiger partial charge is 0.266 e. The molecule has 1 aliphatic heterocycles. The molecule has 6 nitrogen and oxygen atoms in total. The van der Waals surface area contributed by atoms with Crippen LogP contribution in [-0.4, -0.2) is 36.4 Å². The molecule has 2 N–H and O–H groups in total. The number of hydrogen-bond acceptors (Lipinski definition) is 6. The Morgan fingerprint density at radius 2 is 1.95 bits per heavy atom. The van der Waals surface area contributed by atoms with Crippen LogP contribution in [0.25, 0.3) is 0 Å². The van der Waals surface area contributed by atoms with E-state index in [9.17, 15) is 0 Å². The predicted molar refractivity (Wildman–Crippen MR) is 74.4 cm³/mol. The minimum atomic E-state index is -0.278. The third kappa shape index (κ3) is 2.97. The van der Waals surface area contributed by atoms with Gasteiger partial charge in [0.15, 0.2) is 0 Å². The fraction of sp³-hybridized carbons (Fsp3) is 0.429. The van der Waals surface area contributed by atoms with Crippen molar-refractivity contribution in [2.45, 2.75) is 12.5 Å². The molecule has 1 aromatic heterocycles. The van der Waals surface area contributed by atoms with Gasteiger partial charge in [0, 0.05) is 13.1 Å². The van der Waals surface area contributed by atoms with Gasteiger partial charge in [-0.3, -0.25) is 0 Å². The zero-order valence-electron chi connectivity index (χ0n) is 11.2. The van der Waals surface area contributed by atoms with Crippen molar-refractivity contribution < 1.29 is 9.26 Å². The van der Waals surface area contributed by atoms with E-state index in [0.717, 1.165) is 18.7 Å². The summed E-state index contributed by atoms with van der Waals surface area (Å²) in [6.07, 6.45) is 0.686. The van der Waals surface area contributed by atoms with Crippen LogP contribution in [-0.2, 0) is 11.2 Å². The molecule has 1 atom stereocenters. The molecule has 106 valence electrons. The third-order valence-electron chi connectivity index (χ3n) is 3.34. The van der Waals surface area contributed by atoms with Crippen molar-refractivity contribution in [1.82, 2.24) is 10.1 Å². The van der Waals surface area contributed by atoms with Crippen molar-refractivity contribution in [3.8, 4) is 0 Å². The molecule has 2 heterocycles. The van der Waals surface area contributed by atoms with Crippen LogP contribution in [0.1, 0.15) is 17.5 Å². The van der Waals surface area contributed by atoms with Gasteiger partial charge in [-0.05, 0) is 17.1 Å². The molecule has 1 unspecified atom stereocenters. The summed E-state index contributed by atoms with van der Waals surface area (Å²) < 4.78 is 10.6. The summed E-state index contributed by atoms with van der Waals surface area (Å²) >= 11 is 0. The van der Waals surface area contributed by atoms with Crippen LogP contribution < -0.4 is 10.6 Å². The van der Waals surface area contributed by atoms with Crippen LogP contribution >= 0.6 is 0 Å². The molecule has 3 rings (SSSR count). The Labute approximate surface area is 117 Å². The van der Waals surface area contributed by atoms with Crippen molar-refractivity contribution in [3.63, 3.8) is 0 Å². The van der Waals surface area contributed by atoms with Crippen molar-refractivity contribution >= 4 is 5.95 Å². The molecule has 1 fully saturated rings. The first-order valence-electron chi connectivity index (χ1n) is 6.79. The summed E-state index contributed by atoms with van der Waals surface area (Å²) in [6, 6.07) is 9.78. The normalized spacial score (nSPS) is 17.1. The Morgan fingerprint density at radius 3 is 2.70 bits per heavy atom. The Balaban J connectivity index is 1.66. The predicted octanol–water partition coefficient (Wildman–Crippen LogP) is 1.15. The lowest BCUT2D eigenvalue weighted by molar-refractivity contribution is 0.121. The molecular formula is C14H18N4O2. The highest BCUT2D eigenvalue weighted by atomic mass is 16.5. The number of nitrogens with two attached hydrogens (primary N) is 1. The Morgan fingerprint density at radius 1 is 1.20 bits per heavy atom. The fourth-order valence-corrected chi connectivity index (χ4v) is 2.22. The van der Waals surface area contributed by atoms with Gasteiger partial charge in [0.25, 0.3) is 5.95 Å². The molecule has 1 saturated heterocycles. The molecule has 20 heavy (non-hydrogen) atoms. The second-order valence-corrected chi connectivity index (χ2v) is 4.83. The molecule has 0 bridgehead atoms. The highest BCUT2D eigenvalue weighted by molar-refractivity contribution is 5.28. The number of rotatable bonds is 4. The third-order valence-corrected chi connectivity index (χ3v) is 3.34. The van der Waals surface area contributed by atoms with E-state index >= 15 is 0 Å². The molecule has 1 aromatic carbocycles. The van der Waals surface area contributed by atoms with Gasteiger partial charge >= 0.3 is 0 Å². The van der Waals surface area contributed by atoms with E-state index in [4.69, 9.17) is 15.0 Å². The Bertz CT molecular complexity index is 537. The molecule has 6 heteroatoms. The van der Waals surface area contributed by atoms with Gasteiger partial charge in [-0.1, -0.05) is 30.3 Å². The second kappa shape index (κ2) is 6.02. The lowest BCUT2D eigenvalue weighted by Crippen LogP contribution is -2.36. The molecule has 0 radical (unpaired) electrons. The van der Waals surface area contributed by atoms with Gasteiger partial charge < -0.3 is 19.9 Å². The topological polar surface area (TPSA) is 77.4 Å². The van der Waals surface area contributed by atoms with Gasteiger partial charge in [-0.15, -0.1) is 0 Å². The van der Waals surface area contributed by atoms with Gasteiger partial charge in [-0.2, -0.15) is 4.98 Å². The molecule has 0 spiro atoms. The fourth-order valence-electron chi connectivity index (χ4n) is 2.22. The molecule has 0 saturated carbocycles. The average Bonchev–Trinajstić information content (AvgIpc) is 2.99. The molecule has 2 aromatic rings. The lowest BCUT2D eigenvalue weighted by Gasteiger charge is -2.24. The first-order valence-corrected chi connectivity index (χ1v) is 6.79. The first kappa shape index (κ1) is 13.1. The number of morpholine rings is 1. The van der Waals surface area contributed by atoms with Crippen molar-refractivity contribution in [2.24, 2.45) is 5.73 Å². The summed E-state index contributed by atoms with van der Waals surface area (Å²) in [5, 5.41) is 4.01. The summed E-state index contributed by atoms with van der Waals surface area (Å²) in [5.41, 5.74) is 7.29. The monoisotopic (exact) mass is 274 g/mol. The van der Waals surface area contributed by atoms with Crippen LogP contribution in [0.4, 0.5) is 5.95 Å². The van der Waals surface area contributed by atoms with E-state index in [0.29, 0.717) is 31.5 Å². The van der Waals surface area contributed by atoms with E-state index in [1.807, 2.05) is 35.2 Å². The van der Waals surface area contributed by atoms with Crippen LogP contribution in [0, 0.1) is 0 Å². The number of ether oxygens (including phenoxy) is 1. The number of aromatic nitrogens is 2. The minimum Gasteiger partial charge on any atom is -0.378 e. The summed E-state index contributed by atoms with van der Waals surface area (Å²) in [7, 11) is 0. The van der Waals surface area contributed by atoms with Gasteiger partial charge in [0.05, 0.1) is 19.3 Å². The largest absolute Gasteiger partial charge is 0.378 e. The van der Waals surface area contributed by atoms with Gasteiger partial charge in [-0.25, -0.2) is 0 Å². The molecular weight excluding hydrogens is 256 g/mol. The van der Waals surface area contributed by atoms with Crippen LogP contribution in [0.5, 0.6) is 0 Å². The minimum absolute atomic E-state index is 0.278. The Kier molecular flexibility index (Phi) is 3.94. The lowest BCUT2D eigenvalue weighted by atomic mass is 10.1. The molecule has 0 amide bonds. The SMILES string of the molecule is NC(Cc1ccccc1)c1nc(N2CCOCC2)no1. The van der Waals surface area contributed by atoms with E-state index in [1.54, 1.807) is 0 Å². The zero-order chi connectivity index (χ0) is 13.8. The van der Waals surface area contributed by atoms with Crippen molar-refractivity contribution in [3.05, 3.63) is 41.8 Å². The van der Waals surface area contributed by atoms with Crippen LogP contribution in [0.15, 0.2) is 34.9 Å². The quantitative estimate of drug-likeness (QED) is 0.901. The molecule has 0 aliphatic carbocycles. The second-order valence-electron chi connectivity index (χ2n) is 4.83. The maximum atomic E-state index is 6.13. The highest BCUT2D eigenvalue weighted by Gasteiger charge is 2.20. The highest BCUT2D eigenvalue weighted by Crippen LogP contribution is 2.18. The standard InChI is InChI=1S/C14H18N4O2/c15-12(10-11-4-2-1-3-5-11)13-16-14(17-20-13)18-6-8-19-9-7-18/h1-5,12H,6-10,15H2. The number of benzene rings is 1. The zero-order valence-corrected chi connectivity index (χ0v) is 11.2. The number of hydrogen-bond donors (Lipinski definition) is 1. The Hall–Kier alpha value is -1.92. The van der Waals surface area contributed by atoms with E-state index < -0.39 is 0 Å². The van der Waals surface area contributed by atoms with Gasteiger partial charge in [0.2, 0.25) is 5.89 Å². The summed E-state index contributed by atoms with van der Waals surface area (Å²) in [5.74, 6) is 1.09.